The molecule has 1 fully saturated rings. The summed E-state index contributed by atoms with van der Waals surface area (Å²) in [5.41, 5.74) is 4.85. The van der Waals surface area contributed by atoms with E-state index in [-0.39, 0.29) is 5.82 Å². The van der Waals surface area contributed by atoms with Gasteiger partial charge in [0.2, 0.25) is 0 Å². The predicted molar refractivity (Wildman–Crippen MR) is 69.0 cm³/mol. The van der Waals surface area contributed by atoms with Gasteiger partial charge in [-0.15, -0.1) is 0 Å². The molecule has 0 spiro atoms. The molecule has 2 aliphatic rings. The molecule has 1 aliphatic carbocycles. The molecule has 0 bridgehead atoms. The largest absolute Gasteiger partial charge is 0.258 e. The Morgan fingerprint density at radius 1 is 1.29 bits per heavy atom. The summed E-state index contributed by atoms with van der Waals surface area (Å²) < 4.78 is 12.8. The van der Waals surface area contributed by atoms with Crippen LogP contribution in [0.3, 0.4) is 0 Å². The third-order valence-corrected chi connectivity index (χ3v) is 3.54. The minimum atomic E-state index is -0.221. The van der Waals surface area contributed by atoms with Crippen molar-refractivity contribution in [3.05, 3.63) is 35.6 Å². The Hall–Kier alpha value is -1.36. The minimum Gasteiger partial charge on any atom is -0.258 e. The number of nitrogens with zero attached hydrogens (tertiary/aromatic N) is 2. The van der Waals surface area contributed by atoms with Crippen molar-refractivity contribution < 1.29 is 4.39 Å². The lowest BCUT2D eigenvalue weighted by molar-refractivity contribution is 0.628. The minimum absolute atomic E-state index is 0.221. The highest BCUT2D eigenvalue weighted by molar-refractivity contribution is 8.14. The highest BCUT2D eigenvalue weighted by atomic mass is 32.2. The number of hydrazone groups is 1. The van der Waals surface area contributed by atoms with Crippen molar-refractivity contribution in [2.24, 2.45) is 10.1 Å². The standard InChI is InChI=1S/C12H12FN3S/c13-9-3-1-8(2-4-9)11-7-17-12(16-15-11)14-10-5-6-10/h1-4,10H,5-7H2,(H,14,16). The number of halogens is 1. The third-order valence-electron chi connectivity index (χ3n) is 2.66. The fourth-order valence-corrected chi connectivity index (χ4v) is 2.38. The van der Waals surface area contributed by atoms with Crippen molar-refractivity contribution in [1.82, 2.24) is 5.43 Å². The maximum Gasteiger partial charge on any atom is 0.177 e. The quantitative estimate of drug-likeness (QED) is 0.873. The van der Waals surface area contributed by atoms with Gasteiger partial charge < -0.3 is 0 Å². The third kappa shape index (κ3) is 2.66. The van der Waals surface area contributed by atoms with Crippen LogP contribution in [0.5, 0.6) is 0 Å². The van der Waals surface area contributed by atoms with E-state index in [1.807, 2.05) is 0 Å². The lowest BCUT2D eigenvalue weighted by atomic mass is 10.1. The van der Waals surface area contributed by atoms with Crippen molar-refractivity contribution in [2.45, 2.75) is 18.9 Å². The van der Waals surface area contributed by atoms with Crippen molar-refractivity contribution in [3.63, 3.8) is 0 Å². The molecule has 17 heavy (non-hydrogen) atoms. The Morgan fingerprint density at radius 2 is 2.06 bits per heavy atom. The summed E-state index contributed by atoms with van der Waals surface area (Å²) >= 11 is 1.65. The van der Waals surface area contributed by atoms with Crippen molar-refractivity contribution in [1.29, 1.82) is 0 Å². The van der Waals surface area contributed by atoms with E-state index >= 15 is 0 Å². The molecule has 88 valence electrons. The molecule has 1 aliphatic heterocycles. The van der Waals surface area contributed by atoms with E-state index in [1.165, 1.54) is 25.0 Å². The van der Waals surface area contributed by atoms with Gasteiger partial charge in [0, 0.05) is 5.75 Å². The molecule has 1 saturated carbocycles. The molecule has 5 heteroatoms. The first kappa shape index (κ1) is 10.8. The highest BCUT2D eigenvalue weighted by Gasteiger charge is 2.22. The van der Waals surface area contributed by atoms with Gasteiger partial charge in [0.1, 0.15) is 5.82 Å². The Bertz CT molecular complexity index is 477. The van der Waals surface area contributed by atoms with E-state index in [0.29, 0.717) is 6.04 Å². The first-order chi connectivity index (χ1) is 8.31. The molecular formula is C12H12FN3S. The first-order valence-corrected chi connectivity index (χ1v) is 6.59. The molecule has 0 radical (unpaired) electrons. The average Bonchev–Trinajstić information content (AvgIpc) is 3.15. The Morgan fingerprint density at radius 3 is 2.65 bits per heavy atom. The number of hydrogen-bond donors (Lipinski definition) is 1. The molecule has 0 aromatic heterocycles. The van der Waals surface area contributed by atoms with Crippen LogP contribution in [0.4, 0.5) is 4.39 Å². The number of benzene rings is 1. The van der Waals surface area contributed by atoms with E-state index < -0.39 is 0 Å². The van der Waals surface area contributed by atoms with E-state index in [4.69, 9.17) is 0 Å². The number of hydrogen-bond acceptors (Lipinski definition) is 3. The Balaban J connectivity index is 1.73. The first-order valence-electron chi connectivity index (χ1n) is 5.60. The molecule has 0 atom stereocenters. The van der Waals surface area contributed by atoms with Crippen LogP contribution in [0.1, 0.15) is 18.4 Å². The van der Waals surface area contributed by atoms with E-state index in [9.17, 15) is 4.39 Å². The average molecular weight is 249 g/mol. The molecule has 1 N–H and O–H groups in total. The predicted octanol–water partition coefficient (Wildman–Crippen LogP) is 2.38. The van der Waals surface area contributed by atoms with Crippen molar-refractivity contribution in [3.8, 4) is 0 Å². The molecular weight excluding hydrogens is 237 g/mol. The fourth-order valence-electron chi connectivity index (χ4n) is 1.54. The summed E-state index contributed by atoms with van der Waals surface area (Å²) in [5.74, 6) is 0.561. The number of nitrogens with one attached hydrogen (secondary N) is 1. The van der Waals surface area contributed by atoms with Crippen molar-refractivity contribution in [2.75, 3.05) is 5.75 Å². The zero-order valence-corrected chi connectivity index (χ0v) is 10.0. The highest BCUT2D eigenvalue weighted by Crippen LogP contribution is 2.25. The molecule has 1 aromatic rings. The van der Waals surface area contributed by atoms with Gasteiger partial charge in [-0.25, -0.2) is 4.39 Å². The zero-order valence-electron chi connectivity index (χ0n) is 9.19. The van der Waals surface area contributed by atoms with Crippen LogP contribution in [-0.4, -0.2) is 22.7 Å². The van der Waals surface area contributed by atoms with Crippen LogP contribution < -0.4 is 5.43 Å². The summed E-state index contributed by atoms with van der Waals surface area (Å²) in [6.45, 7) is 0. The summed E-state index contributed by atoms with van der Waals surface area (Å²) in [4.78, 5) is 4.49. The van der Waals surface area contributed by atoms with Crippen LogP contribution in [-0.2, 0) is 0 Å². The lowest BCUT2D eigenvalue weighted by Gasteiger charge is -2.14. The van der Waals surface area contributed by atoms with Crippen LogP contribution in [0.15, 0.2) is 34.4 Å². The number of aliphatic imine (C=N–C) groups is 1. The maximum atomic E-state index is 12.8. The molecule has 0 amide bonds. The molecule has 3 nitrogen and oxygen atoms in total. The fraction of sp³-hybridized carbons (Fsp3) is 0.333. The van der Waals surface area contributed by atoms with Gasteiger partial charge in [0.05, 0.1) is 11.8 Å². The number of thioether (sulfide) groups is 1. The van der Waals surface area contributed by atoms with Gasteiger partial charge in [-0.1, -0.05) is 23.9 Å². The van der Waals surface area contributed by atoms with Crippen LogP contribution >= 0.6 is 11.8 Å². The van der Waals surface area contributed by atoms with Crippen LogP contribution in [0.25, 0.3) is 0 Å². The molecule has 1 aromatic carbocycles. The van der Waals surface area contributed by atoms with E-state index in [1.54, 1.807) is 23.9 Å². The zero-order chi connectivity index (χ0) is 11.7. The smallest absolute Gasteiger partial charge is 0.177 e. The van der Waals surface area contributed by atoms with Gasteiger partial charge in [0.25, 0.3) is 0 Å². The molecule has 3 rings (SSSR count). The number of rotatable bonds is 2. The number of amidine groups is 1. The normalized spacial score (nSPS) is 22.2. The van der Waals surface area contributed by atoms with Gasteiger partial charge >= 0.3 is 0 Å². The summed E-state index contributed by atoms with van der Waals surface area (Å²) in [6, 6.07) is 6.92. The topological polar surface area (TPSA) is 36.8 Å². The Kier molecular flexibility index (Phi) is 2.84. The van der Waals surface area contributed by atoms with Gasteiger partial charge in [-0.05, 0) is 30.5 Å². The van der Waals surface area contributed by atoms with Crippen LogP contribution in [0, 0.1) is 5.82 Å². The summed E-state index contributed by atoms with van der Waals surface area (Å²) in [5, 5.41) is 5.19. The molecule has 0 unspecified atom stereocenters. The van der Waals surface area contributed by atoms with E-state index in [0.717, 1.165) is 22.2 Å². The summed E-state index contributed by atoms with van der Waals surface area (Å²) in [7, 11) is 0. The Labute approximate surface area is 103 Å². The second-order valence-electron chi connectivity index (χ2n) is 4.13. The van der Waals surface area contributed by atoms with E-state index in [2.05, 4.69) is 15.5 Å². The SMILES string of the molecule is Fc1ccc(C2=NNC(=NC3CC3)SC2)cc1. The van der Waals surface area contributed by atoms with Crippen LogP contribution in [0.2, 0.25) is 0 Å². The summed E-state index contributed by atoms with van der Waals surface area (Å²) in [6.07, 6.45) is 2.39. The second-order valence-corrected chi connectivity index (χ2v) is 5.10. The van der Waals surface area contributed by atoms with Crippen molar-refractivity contribution >= 4 is 22.6 Å². The van der Waals surface area contributed by atoms with Gasteiger partial charge in [-0.3, -0.25) is 10.4 Å². The van der Waals surface area contributed by atoms with Gasteiger partial charge in [0.15, 0.2) is 5.17 Å². The molecule has 1 heterocycles. The monoisotopic (exact) mass is 249 g/mol. The second kappa shape index (κ2) is 4.49. The maximum absolute atomic E-state index is 12.8. The molecule has 0 saturated heterocycles. The van der Waals surface area contributed by atoms with Gasteiger partial charge in [-0.2, -0.15) is 5.10 Å². The lowest BCUT2D eigenvalue weighted by Crippen LogP contribution is -2.25.